The standard InChI is InChI=1S/C33H37N2/c1-20-25-10-6-8-22-9-7-11-26(29(22)25)31-28(20)32-30-23(14-17-34(32)4)18-24(19-27(30)35(31)5)21-12-15-33(2,3)16-13-21/h6,8,10,14,17-19,21H,7,9,11-13,15-16H2,1-5H3/q+1. The van der Waals surface area contributed by atoms with Crippen molar-refractivity contribution in [2.75, 3.05) is 11.9 Å². The zero-order valence-electron chi connectivity index (χ0n) is 22.0. The van der Waals surface area contributed by atoms with Crippen molar-refractivity contribution < 1.29 is 4.57 Å². The van der Waals surface area contributed by atoms with Crippen LogP contribution >= 0.6 is 0 Å². The van der Waals surface area contributed by atoms with Crippen molar-refractivity contribution in [3.05, 3.63) is 64.8 Å². The molecule has 2 heteroatoms. The third kappa shape index (κ3) is 2.98. The molecule has 0 bridgehead atoms. The van der Waals surface area contributed by atoms with Gasteiger partial charge in [-0.3, -0.25) is 0 Å². The number of aromatic nitrogens is 1. The molecule has 0 unspecified atom stereocenters. The molecule has 2 heterocycles. The van der Waals surface area contributed by atoms with Crippen molar-refractivity contribution >= 4 is 32.9 Å². The van der Waals surface area contributed by atoms with Gasteiger partial charge in [0.25, 0.3) is 0 Å². The third-order valence-electron chi connectivity index (χ3n) is 9.61. The summed E-state index contributed by atoms with van der Waals surface area (Å²) in [5.74, 6) is 0.680. The van der Waals surface area contributed by atoms with E-state index in [-0.39, 0.29) is 0 Å². The molecular weight excluding hydrogens is 424 g/mol. The van der Waals surface area contributed by atoms with Gasteiger partial charge in [-0.1, -0.05) is 38.1 Å². The summed E-state index contributed by atoms with van der Waals surface area (Å²) in [6.45, 7) is 7.24. The Morgan fingerprint density at radius 2 is 1.80 bits per heavy atom. The predicted molar refractivity (Wildman–Crippen MR) is 148 cm³/mol. The van der Waals surface area contributed by atoms with Crippen LogP contribution in [0.25, 0.3) is 32.8 Å². The summed E-state index contributed by atoms with van der Waals surface area (Å²) in [4.78, 5) is 2.56. The normalized spacial score (nSPS) is 18.8. The Labute approximate surface area is 209 Å². The molecular formula is C33H37N2+. The first kappa shape index (κ1) is 21.4. The van der Waals surface area contributed by atoms with E-state index in [4.69, 9.17) is 0 Å². The second-order valence-electron chi connectivity index (χ2n) is 12.3. The molecule has 178 valence electrons. The molecule has 0 spiro atoms. The van der Waals surface area contributed by atoms with E-state index in [0.717, 1.165) is 0 Å². The molecule has 3 aromatic carbocycles. The van der Waals surface area contributed by atoms with Crippen LogP contribution in [-0.2, 0) is 19.9 Å². The minimum atomic E-state index is 0.497. The highest BCUT2D eigenvalue weighted by Crippen LogP contribution is 2.53. The fraction of sp³-hybridized carbons (Fsp3) is 0.424. The molecule has 7 rings (SSSR count). The summed E-state index contributed by atoms with van der Waals surface area (Å²) in [5.41, 5.74) is 12.3. The molecule has 0 N–H and O–H groups in total. The highest BCUT2D eigenvalue weighted by Gasteiger charge is 2.36. The average molecular weight is 462 g/mol. The van der Waals surface area contributed by atoms with Crippen LogP contribution in [0.1, 0.15) is 74.1 Å². The van der Waals surface area contributed by atoms with Crippen molar-refractivity contribution in [3.8, 4) is 11.3 Å². The first-order valence-electron chi connectivity index (χ1n) is 13.6. The fourth-order valence-corrected chi connectivity index (χ4v) is 7.58. The molecule has 1 aliphatic heterocycles. The largest absolute Gasteiger partial charge is 0.343 e. The summed E-state index contributed by atoms with van der Waals surface area (Å²) < 4.78 is 2.37. The number of nitrogens with zero attached hydrogens (tertiary/aromatic N) is 2. The second kappa shape index (κ2) is 7.32. The van der Waals surface area contributed by atoms with Gasteiger partial charge in [0.15, 0.2) is 6.20 Å². The Morgan fingerprint density at radius 1 is 1.00 bits per heavy atom. The molecule has 1 aromatic heterocycles. The Bertz CT molecular complexity index is 1530. The topological polar surface area (TPSA) is 7.12 Å². The molecule has 1 fully saturated rings. The van der Waals surface area contributed by atoms with E-state index in [1.165, 1.54) is 100 Å². The molecule has 2 aliphatic carbocycles. The van der Waals surface area contributed by atoms with Gasteiger partial charge in [-0.15, -0.1) is 0 Å². The van der Waals surface area contributed by atoms with E-state index < -0.39 is 0 Å². The lowest BCUT2D eigenvalue weighted by molar-refractivity contribution is -0.659. The van der Waals surface area contributed by atoms with Gasteiger partial charge >= 0.3 is 0 Å². The predicted octanol–water partition coefficient (Wildman–Crippen LogP) is 8.05. The van der Waals surface area contributed by atoms with E-state index in [2.05, 4.69) is 86.9 Å². The van der Waals surface area contributed by atoms with Crippen LogP contribution in [0.15, 0.2) is 42.6 Å². The van der Waals surface area contributed by atoms with Crippen molar-refractivity contribution in [1.82, 2.24) is 0 Å². The van der Waals surface area contributed by atoms with Gasteiger partial charge in [0.05, 0.1) is 22.3 Å². The van der Waals surface area contributed by atoms with Crippen LogP contribution in [0.3, 0.4) is 0 Å². The van der Waals surface area contributed by atoms with Gasteiger partial charge in [0.2, 0.25) is 5.69 Å². The van der Waals surface area contributed by atoms with Gasteiger partial charge in [0, 0.05) is 13.1 Å². The zero-order chi connectivity index (χ0) is 24.1. The van der Waals surface area contributed by atoms with Gasteiger partial charge < -0.3 is 4.90 Å². The minimum absolute atomic E-state index is 0.497. The van der Waals surface area contributed by atoms with Crippen LogP contribution in [0.4, 0.5) is 11.4 Å². The fourth-order valence-electron chi connectivity index (χ4n) is 7.58. The first-order valence-corrected chi connectivity index (χ1v) is 13.6. The SMILES string of the molecule is Cc1c2c(c3c4c(cccc14)CCC3)N(C)c1cc(C3CCC(C)(C)CC3)cc3cc[n+](C)c-2c13. The monoisotopic (exact) mass is 461 g/mol. The van der Waals surface area contributed by atoms with E-state index in [1.54, 1.807) is 11.1 Å². The Morgan fingerprint density at radius 3 is 2.60 bits per heavy atom. The quantitative estimate of drug-likeness (QED) is 0.260. The number of rotatable bonds is 1. The van der Waals surface area contributed by atoms with Crippen molar-refractivity contribution in [2.24, 2.45) is 12.5 Å². The lowest BCUT2D eigenvalue weighted by atomic mass is 9.71. The van der Waals surface area contributed by atoms with Crippen LogP contribution in [-0.4, -0.2) is 7.05 Å². The maximum absolute atomic E-state index is 2.56. The lowest BCUT2D eigenvalue weighted by Gasteiger charge is -2.37. The number of anilines is 2. The van der Waals surface area contributed by atoms with Crippen LogP contribution in [0, 0.1) is 12.3 Å². The summed E-state index contributed by atoms with van der Waals surface area (Å²) >= 11 is 0. The molecule has 3 aliphatic rings. The molecule has 0 radical (unpaired) electrons. The average Bonchev–Trinajstić information content (AvgIpc) is 2.85. The number of hydrogen-bond acceptors (Lipinski definition) is 1. The third-order valence-corrected chi connectivity index (χ3v) is 9.61. The lowest BCUT2D eigenvalue weighted by Crippen LogP contribution is -2.34. The number of aryl methyl sites for hydroxylation is 4. The summed E-state index contributed by atoms with van der Waals surface area (Å²) in [6, 6.07) is 14.4. The van der Waals surface area contributed by atoms with Crippen molar-refractivity contribution in [1.29, 1.82) is 0 Å². The molecule has 0 amide bonds. The Kier molecular flexibility index (Phi) is 4.48. The molecule has 1 saturated carbocycles. The first-order chi connectivity index (χ1) is 16.8. The van der Waals surface area contributed by atoms with Gasteiger partial charge in [-0.25, -0.2) is 4.57 Å². The maximum atomic E-state index is 2.56. The minimum Gasteiger partial charge on any atom is -0.343 e. The highest BCUT2D eigenvalue weighted by atomic mass is 15.1. The van der Waals surface area contributed by atoms with Crippen LogP contribution < -0.4 is 9.47 Å². The van der Waals surface area contributed by atoms with Crippen LogP contribution in [0.5, 0.6) is 0 Å². The summed E-state index contributed by atoms with van der Waals surface area (Å²) in [6.07, 6.45) is 11.2. The van der Waals surface area contributed by atoms with E-state index in [9.17, 15) is 0 Å². The Hall–Kier alpha value is -2.87. The maximum Gasteiger partial charge on any atom is 0.224 e. The van der Waals surface area contributed by atoms with Gasteiger partial charge in [0.1, 0.15) is 7.05 Å². The Balaban J connectivity index is 1.53. The van der Waals surface area contributed by atoms with Gasteiger partial charge in [-0.2, -0.15) is 0 Å². The highest BCUT2D eigenvalue weighted by molar-refractivity contribution is 6.14. The van der Waals surface area contributed by atoms with E-state index >= 15 is 0 Å². The number of fused-ring (bicyclic) bond motifs is 3. The number of benzene rings is 3. The molecule has 0 saturated heterocycles. The number of hydrogen-bond donors (Lipinski definition) is 0. The molecule has 2 nitrogen and oxygen atoms in total. The molecule has 4 aromatic rings. The van der Waals surface area contributed by atoms with Crippen molar-refractivity contribution in [2.45, 2.75) is 71.6 Å². The molecule has 0 atom stereocenters. The smallest absolute Gasteiger partial charge is 0.224 e. The van der Waals surface area contributed by atoms with Crippen LogP contribution in [0.2, 0.25) is 0 Å². The second-order valence-corrected chi connectivity index (χ2v) is 12.3. The zero-order valence-corrected chi connectivity index (χ0v) is 22.0. The van der Waals surface area contributed by atoms with Gasteiger partial charge in [-0.05, 0) is 108 Å². The summed E-state index contributed by atoms with van der Waals surface area (Å²) in [5, 5.41) is 5.80. The number of pyridine rings is 1. The van der Waals surface area contributed by atoms with E-state index in [0.29, 0.717) is 11.3 Å². The van der Waals surface area contributed by atoms with E-state index in [1.807, 2.05) is 0 Å². The molecule has 35 heavy (non-hydrogen) atoms. The summed E-state index contributed by atoms with van der Waals surface area (Å²) in [7, 11) is 4.56. The van der Waals surface area contributed by atoms with Crippen molar-refractivity contribution in [3.63, 3.8) is 0 Å².